The molecule has 2 rings (SSSR count). The maximum Gasteiger partial charge on any atom is 1.00 e. The molecule has 0 aliphatic carbocycles. The zero-order chi connectivity index (χ0) is 46.2. The number of nitrogens with one attached hydrogen (secondary N) is 1. The van der Waals surface area contributed by atoms with Crippen LogP contribution in [0.4, 0.5) is 0 Å². The minimum Gasteiger partial charge on any atom is -0.846 e. The van der Waals surface area contributed by atoms with Crippen molar-refractivity contribution in [2.75, 3.05) is 26.4 Å². The molecule has 0 spiro atoms. The van der Waals surface area contributed by atoms with Crippen LogP contribution < -0.4 is 74.6 Å². The molecule has 2 unspecified atom stereocenters. The smallest absolute Gasteiger partial charge is 0.846 e. The van der Waals surface area contributed by atoms with E-state index < -0.39 is 71.5 Å². The van der Waals surface area contributed by atoms with Crippen LogP contribution >= 0.6 is 15.6 Å². The second kappa shape index (κ2) is 39.9. The first kappa shape index (κ1) is 65.2. The standard InChI is InChI=1S/C44H83N3O14P2.2Na/c1-3-5-7-9-11-13-15-17-19-21-23-25-27-29-33-56-34-37(59-40(48)30-28-26-24-22-20-18-16-14-12-10-8-6-4-2)35-57-62(52,53)61-63(54,55)58-36-38-41(49)42(50)43(60-38)47-32-31-39(45)46-44(47)51;;/h31-32,37-38,41-43,49-50H,3-30,33-36H2,1-2H3,(H,52,53)(H,54,55)(H2,45,46,51);;/q;2*+1/p-2/t37-,38-,41-,42+,43-;;/m1../s1. The van der Waals surface area contributed by atoms with Crippen molar-refractivity contribution in [2.24, 2.45) is 0 Å². The molecule has 4 N–H and O–H groups in total. The van der Waals surface area contributed by atoms with E-state index in [1.807, 2.05) is 0 Å². The topological polar surface area (TPSA) is 255 Å². The van der Waals surface area contributed by atoms with Crippen molar-refractivity contribution in [3.05, 3.63) is 17.8 Å². The van der Waals surface area contributed by atoms with Gasteiger partial charge in [0, 0.05) is 19.2 Å². The third-order valence-corrected chi connectivity index (χ3v) is 13.8. The Labute approximate surface area is 433 Å². The Hall–Kier alpha value is 0.250. The van der Waals surface area contributed by atoms with Crippen molar-refractivity contribution < 1.29 is 126 Å². The summed E-state index contributed by atoms with van der Waals surface area (Å²) in [5.74, 6) is -0.547. The van der Waals surface area contributed by atoms with Gasteiger partial charge >= 0.3 is 72.9 Å². The Morgan fingerprint density at radius 1 is 0.754 bits per heavy atom. The van der Waals surface area contributed by atoms with Crippen molar-refractivity contribution in [1.82, 2.24) is 9.55 Å². The predicted molar refractivity (Wildman–Crippen MR) is 235 cm³/mol. The zero-order valence-corrected chi connectivity index (χ0v) is 46.1. The fourth-order valence-corrected chi connectivity index (χ4v) is 9.55. The van der Waals surface area contributed by atoms with Crippen LogP contribution in [0.3, 0.4) is 0 Å². The molecule has 17 nitrogen and oxygen atoms in total. The molecule has 1 aliphatic rings. The number of nitrogens with zero attached hydrogens (tertiary/aromatic N) is 2. The summed E-state index contributed by atoms with van der Waals surface area (Å²) in [7, 11) is -11.0. The number of phosphoric acid groups is 2. The van der Waals surface area contributed by atoms with E-state index in [1.54, 1.807) is 0 Å². The summed E-state index contributed by atoms with van der Waals surface area (Å²) in [5.41, 5.74) is -0.339. The van der Waals surface area contributed by atoms with E-state index in [-0.39, 0.29) is 77.6 Å². The second-order valence-electron chi connectivity index (χ2n) is 16.9. The van der Waals surface area contributed by atoms with Gasteiger partial charge in [0.1, 0.15) is 29.9 Å². The molecule has 65 heavy (non-hydrogen) atoms. The maximum atomic E-state index is 12.8. The third-order valence-electron chi connectivity index (χ3n) is 11.2. The molecule has 21 heteroatoms. The van der Waals surface area contributed by atoms with E-state index in [4.69, 9.17) is 28.7 Å². The average molecular weight is 984 g/mol. The summed E-state index contributed by atoms with van der Waals surface area (Å²) in [6.45, 7) is 2.97. The molecule has 0 bridgehead atoms. The van der Waals surface area contributed by atoms with Crippen LogP contribution in [0.25, 0.3) is 0 Å². The van der Waals surface area contributed by atoms with E-state index >= 15 is 0 Å². The van der Waals surface area contributed by atoms with Gasteiger partial charge in [0.05, 0.1) is 25.8 Å². The number of aliphatic hydroxyl groups excluding tert-OH is 2. The van der Waals surface area contributed by atoms with Gasteiger partial charge in [-0.15, -0.1) is 0 Å². The normalized spacial score (nSPS) is 19.5. The third kappa shape index (κ3) is 32.0. The first-order valence-corrected chi connectivity index (χ1v) is 27.0. The van der Waals surface area contributed by atoms with Crippen LogP contribution in [0.5, 0.6) is 6.01 Å². The van der Waals surface area contributed by atoms with Gasteiger partial charge < -0.3 is 48.4 Å². The van der Waals surface area contributed by atoms with E-state index in [0.717, 1.165) is 61.8 Å². The maximum absolute atomic E-state index is 12.8. The van der Waals surface area contributed by atoms with E-state index in [2.05, 4.69) is 23.1 Å². The molecular formula is C44H81N3Na2O14P2. The van der Waals surface area contributed by atoms with Crippen LogP contribution in [-0.4, -0.2) is 81.5 Å². The zero-order valence-electron chi connectivity index (χ0n) is 40.3. The van der Waals surface area contributed by atoms with Crippen molar-refractivity contribution in [3.8, 4) is 6.01 Å². The fraction of sp³-hybridized carbons (Fsp3) is 0.886. The number of phosphoric ester groups is 2. The first-order chi connectivity index (χ1) is 30.3. The number of hydrogen-bond donors (Lipinski definition) is 4. The number of esters is 1. The van der Waals surface area contributed by atoms with Crippen molar-refractivity contribution >= 4 is 21.6 Å². The Morgan fingerprint density at radius 3 is 1.69 bits per heavy atom. The first-order valence-electron chi connectivity index (χ1n) is 24.0. The van der Waals surface area contributed by atoms with Crippen molar-refractivity contribution in [2.45, 2.75) is 224 Å². The van der Waals surface area contributed by atoms with Crippen LogP contribution in [0, 0.1) is 5.41 Å². The molecule has 1 saturated heterocycles. The van der Waals surface area contributed by atoms with Gasteiger partial charge in [-0.1, -0.05) is 174 Å². The minimum absolute atomic E-state index is 0. The molecule has 7 atom stereocenters. The van der Waals surface area contributed by atoms with Gasteiger partial charge in [0.2, 0.25) is 0 Å². The Morgan fingerprint density at radius 2 is 1.22 bits per heavy atom. The molecule has 1 aliphatic heterocycles. The largest absolute Gasteiger partial charge is 1.00 e. The Balaban J connectivity index is 0.0000205. The van der Waals surface area contributed by atoms with E-state index in [0.29, 0.717) is 13.0 Å². The molecule has 1 fully saturated rings. The summed E-state index contributed by atoms with van der Waals surface area (Å²) in [5, 5.41) is 40.4. The second-order valence-corrected chi connectivity index (χ2v) is 19.9. The monoisotopic (exact) mass is 983 g/mol. The molecule has 0 aromatic carbocycles. The number of carbonyl (C=O) groups is 1. The van der Waals surface area contributed by atoms with Gasteiger partial charge in [-0.05, 0) is 18.9 Å². The van der Waals surface area contributed by atoms with Crippen LogP contribution in [0.1, 0.15) is 200 Å². The molecular weight excluding hydrogens is 902 g/mol. The van der Waals surface area contributed by atoms with Gasteiger partial charge in [-0.25, -0.2) is 13.9 Å². The summed E-state index contributed by atoms with van der Waals surface area (Å²) in [4.78, 5) is 39.1. The Kier molecular flexibility index (Phi) is 40.1. The number of carbonyl (C=O) groups excluding carboxylic acids is 1. The molecule has 368 valence electrons. The number of hydrogen-bond acceptors (Lipinski definition) is 15. The van der Waals surface area contributed by atoms with Gasteiger partial charge in [-0.2, -0.15) is 0 Å². The molecule has 0 radical (unpaired) electrons. The number of rotatable bonds is 41. The quantitative estimate of drug-likeness (QED) is 0.0319. The van der Waals surface area contributed by atoms with Gasteiger partial charge in [0.15, 0.2) is 6.23 Å². The van der Waals surface area contributed by atoms with E-state index in [1.165, 1.54) is 122 Å². The minimum atomic E-state index is -5.56. The van der Waals surface area contributed by atoms with Gasteiger partial charge in [-0.3, -0.25) is 19.3 Å². The SMILES string of the molecule is CCCCCCCCCCCCCCCCOC[C@H](COP(=O)([O-])OP(=O)(O)OC[C@H]1O[C@@H](n2ccc(=N)nc2[O-])[C@@H](O)[C@@H]1O)OC(=O)CCCCCCCCCCCCCCC.[Na+].[Na+]. The average Bonchev–Trinajstić information content (AvgIpc) is 3.51. The number of aromatic nitrogens is 2. The number of unbranched alkanes of at least 4 members (excludes halogenated alkanes) is 25. The van der Waals surface area contributed by atoms with Gasteiger partial charge in [0.25, 0.3) is 7.82 Å². The molecule has 1 aromatic rings. The van der Waals surface area contributed by atoms with Crippen molar-refractivity contribution in [1.29, 1.82) is 5.41 Å². The molecule has 1 aromatic heterocycles. The summed E-state index contributed by atoms with van der Waals surface area (Å²) in [6, 6.07) is 0.193. The van der Waals surface area contributed by atoms with Crippen LogP contribution in [0.15, 0.2) is 12.3 Å². The molecule has 2 heterocycles. The van der Waals surface area contributed by atoms with Crippen LogP contribution in [-0.2, 0) is 41.5 Å². The fourth-order valence-electron chi connectivity index (χ4n) is 7.48. The predicted octanol–water partition coefficient (Wildman–Crippen LogP) is 2.57. The number of aliphatic hydroxyl groups is 2. The summed E-state index contributed by atoms with van der Waals surface area (Å²) >= 11 is 0. The molecule has 0 saturated carbocycles. The van der Waals surface area contributed by atoms with Crippen LogP contribution in [0.2, 0.25) is 0 Å². The van der Waals surface area contributed by atoms with Crippen molar-refractivity contribution in [3.63, 3.8) is 0 Å². The molecule has 0 amide bonds. The Bertz CT molecular complexity index is 1500. The summed E-state index contributed by atoms with van der Waals surface area (Å²) < 4.78 is 56.8. The summed E-state index contributed by atoms with van der Waals surface area (Å²) in [6.07, 6.45) is 25.6. The van der Waals surface area contributed by atoms with E-state index in [9.17, 15) is 39.0 Å². The number of ether oxygens (including phenoxy) is 3.